The summed E-state index contributed by atoms with van der Waals surface area (Å²) in [5, 5.41) is 11.2. The molecule has 0 saturated carbocycles. The van der Waals surface area contributed by atoms with Crippen LogP contribution in [0.5, 0.6) is 0 Å². The molecule has 110 valence electrons. The van der Waals surface area contributed by atoms with Crippen LogP contribution in [-0.2, 0) is 5.60 Å². The van der Waals surface area contributed by atoms with Gasteiger partial charge in [0.15, 0.2) is 0 Å². The largest absolute Gasteiger partial charge is 0.385 e. The Balaban J connectivity index is 1.88. The number of hydrogen-bond acceptors (Lipinski definition) is 2. The van der Waals surface area contributed by atoms with Crippen molar-refractivity contribution in [3.63, 3.8) is 0 Å². The molecule has 0 spiro atoms. The lowest BCUT2D eigenvalue weighted by molar-refractivity contribution is -0.0426. The molecule has 2 nitrogen and oxygen atoms in total. The molecule has 3 unspecified atom stereocenters. The van der Waals surface area contributed by atoms with Gasteiger partial charge in [0.25, 0.3) is 0 Å². The standard InChI is InChI=1S/C19H23NO/c1-15-14-20(18-11-7-4-8-12-18)16(2)13-19(15,21)17-9-5-3-6-10-17/h3-12,15-16,21H,13-14H2,1-2H3. The Labute approximate surface area is 127 Å². The maximum absolute atomic E-state index is 11.2. The topological polar surface area (TPSA) is 23.5 Å². The van der Waals surface area contributed by atoms with Crippen molar-refractivity contribution in [1.29, 1.82) is 0 Å². The van der Waals surface area contributed by atoms with E-state index in [4.69, 9.17) is 0 Å². The number of nitrogens with zero attached hydrogens (tertiary/aromatic N) is 1. The van der Waals surface area contributed by atoms with Crippen LogP contribution >= 0.6 is 0 Å². The first-order valence-corrected chi connectivity index (χ1v) is 7.71. The van der Waals surface area contributed by atoms with Crippen LogP contribution in [0.25, 0.3) is 0 Å². The van der Waals surface area contributed by atoms with E-state index in [0.29, 0.717) is 6.04 Å². The molecule has 1 aliphatic heterocycles. The number of rotatable bonds is 2. The van der Waals surface area contributed by atoms with Gasteiger partial charge >= 0.3 is 0 Å². The third kappa shape index (κ3) is 2.56. The van der Waals surface area contributed by atoms with Crippen LogP contribution in [-0.4, -0.2) is 17.7 Å². The first-order valence-electron chi connectivity index (χ1n) is 7.71. The molecule has 1 N–H and O–H groups in total. The Hall–Kier alpha value is -1.80. The van der Waals surface area contributed by atoms with E-state index in [1.54, 1.807) is 0 Å². The van der Waals surface area contributed by atoms with Crippen molar-refractivity contribution >= 4 is 5.69 Å². The second kappa shape index (κ2) is 5.53. The van der Waals surface area contributed by atoms with Gasteiger partial charge in [-0.15, -0.1) is 0 Å². The predicted molar refractivity (Wildman–Crippen MR) is 87.4 cm³/mol. The molecule has 0 radical (unpaired) electrons. The lowest BCUT2D eigenvalue weighted by atomic mass is 9.74. The van der Waals surface area contributed by atoms with E-state index < -0.39 is 5.60 Å². The van der Waals surface area contributed by atoms with E-state index in [2.05, 4.69) is 43.0 Å². The SMILES string of the molecule is CC1CC(O)(c2ccccc2)C(C)CN1c1ccccc1. The molecule has 2 aromatic rings. The molecule has 0 bridgehead atoms. The molecule has 0 amide bonds. The van der Waals surface area contributed by atoms with Crippen LogP contribution in [0.2, 0.25) is 0 Å². The Bertz CT molecular complexity index is 583. The van der Waals surface area contributed by atoms with Gasteiger partial charge < -0.3 is 10.0 Å². The zero-order chi connectivity index (χ0) is 14.9. The van der Waals surface area contributed by atoms with Crippen molar-refractivity contribution in [1.82, 2.24) is 0 Å². The summed E-state index contributed by atoms with van der Waals surface area (Å²) < 4.78 is 0. The Morgan fingerprint density at radius 3 is 2.14 bits per heavy atom. The molecule has 3 atom stereocenters. The number of aliphatic hydroxyl groups is 1. The highest BCUT2D eigenvalue weighted by atomic mass is 16.3. The van der Waals surface area contributed by atoms with Crippen LogP contribution in [0.4, 0.5) is 5.69 Å². The van der Waals surface area contributed by atoms with E-state index in [-0.39, 0.29) is 5.92 Å². The third-order valence-electron chi connectivity index (χ3n) is 4.79. The van der Waals surface area contributed by atoms with Gasteiger partial charge in [0.2, 0.25) is 0 Å². The van der Waals surface area contributed by atoms with Crippen molar-refractivity contribution in [2.75, 3.05) is 11.4 Å². The van der Waals surface area contributed by atoms with Crippen LogP contribution in [0.15, 0.2) is 60.7 Å². The normalized spacial score (nSPS) is 29.4. The lowest BCUT2D eigenvalue weighted by Gasteiger charge is -2.48. The summed E-state index contributed by atoms with van der Waals surface area (Å²) in [6, 6.07) is 20.9. The highest BCUT2D eigenvalue weighted by Gasteiger charge is 2.43. The van der Waals surface area contributed by atoms with Crippen LogP contribution < -0.4 is 4.90 Å². The molecule has 0 aliphatic carbocycles. The second-order valence-corrected chi connectivity index (χ2v) is 6.23. The summed E-state index contributed by atoms with van der Waals surface area (Å²) >= 11 is 0. The number of hydrogen-bond donors (Lipinski definition) is 1. The van der Waals surface area contributed by atoms with E-state index in [1.165, 1.54) is 5.69 Å². The Morgan fingerprint density at radius 1 is 0.952 bits per heavy atom. The van der Waals surface area contributed by atoms with Crippen LogP contribution in [0.1, 0.15) is 25.8 Å². The maximum Gasteiger partial charge on any atom is 0.0958 e. The summed E-state index contributed by atoms with van der Waals surface area (Å²) in [6.45, 7) is 5.22. The molecule has 2 heteroatoms. The summed E-state index contributed by atoms with van der Waals surface area (Å²) in [4.78, 5) is 2.40. The minimum Gasteiger partial charge on any atom is -0.385 e. The third-order valence-corrected chi connectivity index (χ3v) is 4.79. The molecular weight excluding hydrogens is 258 g/mol. The average molecular weight is 281 g/mol. The van der Waals surface area contributed by atoms with Gasteiger partial charge in [-0.05, 0) is 24.6 Å². The van der Waals surface area contributed by atoms with Gasteiger partial charge in [-0.2, -0.15) is 0 Å². The number of piperidine rings is 1. The minimum atomic E-state index is -0.730. The van der Waals surface area contributed by atoms with Gasteiger partial charge in [-0.25, -0.2) is 0 Å². The van der Waals surface area contributed by atoms with Gasteiger partial charge in [-0.1, -0.05) is 55.5 Å². The molecule has 0 aromatic heterocycles. The summed E-state index contributed by atoms with van der Waals surface area (Å²) in [5.74, 6) is 0.191. The average Bonchev–Trinajstić information content (AvgIpc) is 2.52. The van der Waals surface area contributed by atoms with E-state index in [0.717, 1.165) is 18.5 Å². The Kier molecular flexibility index (Phi) is 3.73. The predicted octanol–water partition coefficient (Wildman–Crippen LogP) is 3.81. The number of benzene rings is 2. The smallest absolute Gasteiger partial charge is 0.0958 e. The maximum atomic E-state index is 11.2. The Morgan fingerprint density at radius 2 is 1.52 bits per heavy atom. The molecule has 3 rings (SSSR count). The molecular formula is C19H23NO. The molecule has 1 saturated heterocycles. The quantitative estimate of drug-likeness (QED) is 0.905. The van der Waals surface area contributed by atoms with Crippen molar-refractivity contribution < 1.29 is 5.11 Å². The highest BCUT2D eigenvalue weighted by Crippen LogP contribution is 2.41. The molecule has 21 heavy (non-hydrogen) atoms. The van der Waals surface area contributed by atoms with E-state index in [1.807, 2.05) is 36.4 Å². The molecule has 1 heterocycles. The van der Waals surface area contributed by atoms with Gasteiger partial charge in [0.1, 0.15) is 0 Å². The first-order chi connectivity index (χ1) is 10.1. The minimum absolute atomic E-state index is 0.191. The van der Waals surface area contributed by atoms with Crippen LogP contribution in [0, 0.1) is 5.92 Å². The van der Waals surface area contributed by atoms with E-state index >= 15 is 0 Å². The zero-order valence-electron chi connectivity index (χ0n) is 12.7. The fourth-order valence-corrected chi connectivity index (χ4v) is 3.50. The fraction of sp³-hybridized carbons (Fsp3) is 0.368. The second-order valence-electron chi connectivity index (χ2n) is 6.23. The van der Waals surface area contributed by atoms with Gasteiger partial charge in [0.05, 0.1) is 5.60 Å². The number of anilines is 1. The van der Waals surface area contributed by atoms with Crippen molar-refractivity contribution in [2.45, 2.75) is 31.9 Å². The summed E-state index contributed by atoms with van der Waals surface area (Å²) in [7, 11) is 0. The fourth-order valence-electron chi connectivity index (χ4n) is 3.50. The summed E-state index contributed by atoms with van der Waals surface area (Å²) in [6.07, 6.45) is 0.757. The van der Waals surface area contributed by atoms with Crippen molar-refractivity contribution in [3.8, 4) is 0 Å². The molecule has 2 aromatic carbocycles. The van der Waals surface area contributed by atoms with Crippen LogP contribution in [0.3, 0.4) is 0 Å². The summed E-state index contributed by atoms with van der Waals surface area (Å²) in [5.41, 5.74) is 1.55. The van der Waals surface area contributed by atoms with Crippen molar-refractivity contribution in [2.24, 2.45) is 5.92 Å². The van der Waals surface area contributed by atoms with E-state index in [9.17, 15) is 5.11 Å². The van der Waals surface area contributed by atoms with Crippen molar-refractivity contribution in [3.05, 3.63) is 66.2 Å². The van der Waals surface area contributed by atoms with Gasteiger partial charge in [0, 0.05) is 30.6 Å². The highest BCUT2D eigenvalue weighted by molar-refractivity contribution is 5.48. The zero-order valence-corrected chi connectivity index (χ0v) is 12.7. The monoisotopic (exact) mass is 281 g/mol. The van der Waals surface area contributed by atoms with Gasteiger partial charge in [-0.3, -0.25) is 0 Å². The molecule has 1 fully saturated rings. The molecule has 1 aliphatic rings. The first kappa shape index (κ1) is 14.2. The number of para-hydroxylation sites is 1. The lowest BCUT2D eigenvalue weighted by Crippen LogP contribution is -2.53.